The molecule has 168 valence electrons. The van der Waals surface area contributed by atoms with Gasteiger partial charge >= 0.3 is 5.97 Å². The number of rotatable bonds is 9. The molecule has 3 aromatic rings. The second-order valence-electron chi connectivity index (χ2n) is 7.33. The minimum atomic E-state index is -3.87. The van der Waals surface area contributed by atoms with Crippen LogP contribution in [0.5, 0.6) is 0 Å². The zero-order chi connectivity index (χ0) is 23.1. The van der Waals surface area contributed by atoms with Crippen molar-refractivity contribution >= 4 is 27.6 Å². The lowest BCUT2D eigenvalue weighted by atomic mass is 10.0. The molecule has 0 bridgehead atoms. The van der Waals surface area contributed by atoms with Crippen LogP contribution in [-0.2, 0) is 26.1 Å². The molecule has 0 aliphatic carbocycles. The van der Waals surface area contributed by atoms with Crippen molar-refractivity contribution in [3.63, 3.8) is 0 Å². The average Bonchev–Trinajstić information content (AvgIpc) is 3.30. The second-order valence-corrected chi connectivity index (χ2v) is 9.10. The largest absolute Gasteiger partial charge is 0.468 e. The van der Waals surface area contributed by atoms with E-state index in [1.165, 1.54) is 30.5 Å². The summed E-state index contributed by atoms with van der Waals surface area (Å²) in [6.45, 7) is 3.62. The van der Waals surface area contributed by atoms with Crippen molar-refractivity contribution in [3.05, 3.63) is 83.8 Å². The second kappa shape index (κ2) is 10.3. The number of esters is 1. The summed E-state index contributed by atoms with van der Waals surface area (Å²) in [7, 11) is -3.87. The molecule has 0 atom stereocenters. The predicted molar refractivity (Wildman–Crippen MR) is 119 cm³/mol. The Morgan fingerprint density at radius 2 is 1.78 bits per heavy atom. The van der Waals surface area contributed by atoms with Crippen molar-refractivity contribution in [2.45, 2.75) is 31.2 Å². The first-order valence-corrected chi connectivity index (χ1v) is 11.4. The maximum Gasteiger partial charge on any atom is 0.338 e. The van der Waals surface area contributed by atoms with E-state index >= 15 is 0 Å². The molecule has 0 radical (unpaired) electrons. The third-order valence-corrected chi connectivity index (χ3v) is 5.99. The first-order chi connectivity index (χ1) is 15.2. The Hall–Kier alpha value is -3.43. The van der Waals surface area contributed by atoms with Crippen LogP contribution in [-0.4, -0.2) is 26.9 Å². The quantitative estimate of drug-likeness (QED) is 0.475. The minimum absolute atomic E-state index is 0.0139. The van der Waals surface area contributed by atoms with Crippen molar-refractivity contribution in [1.29, 1.82) is 0 Å². The van der Waals surface area contributed by atoms with Crippen LogP contribution in [0.25, 0.3) is 0 Å². The van der Waals surface area contributed by atoms with Crippen molar-refractivity contribution in [1.82, 2.24) is 4.72 Å². The number of carbonyl (C=O) groups excluding carboxylic acids is 2. The summed E-state index contributed by atoms with van der Waals surface area (Å²) >= 11 is 0. The Balaban J connectivity index is 1.56. The maximum absolute atomic E-state index is 12.5. The van der Waals surface area contributed by atoms with E-state index in [2.05, 4.69) is 23.9 Å². The Labute approximate surface area is 186 Å². The van der Waals surface area contributed by atoms with Gasteiger partial charge in [0.1, 0.15) is 5.76 Å². The topological polar surface area (TPSA) is 115 Å². The van der Waals surface area contributed by atoms with Crippen LogP contribution in [0.2, 0.25) is 0 Å². The first-order valence-electron chi connectivity index (χ1n) is 9.93. The van der Waals surface area contributed by atoms with Gasteiger partial charge in [-0.05, 0) is 53.9 Å². The minimum Gasteiger partial charge on any atom is -0.468 e. The SMILES string of the molecule is CC(C)c1ccc(NC(=O)COC(=O)c2cccc(S(=O)(=O)NCc3ccco3)c2)cc1. The molecule has 9 heteroatoms. The zero-order valence-electron chi connectivity index (χ0n) is 17.7. The lowest BCUT2D eigenvalue weighted by Crippen LogP contribution is -2.24. The smallest absolute Gasteiger partial charge is 0.338 e. The fourth-order valence-corrected chi connectivity index (χ4v) is 3.85. The van der Waals surface area contributed by atoms with Gasteiger partial charge in [-0.25, -0.2) is 17.9 Å². The summed E-state index contributed by atoms with van der Waals surface area (Å²) in [6, 6.07) is 16.1. The van der Waals surface area contributed by atoms with Gasteiger partial charge in [0.25, 0.3) is 5.91 Å². The van der Waals surface area contributed by atoms with Crippen LogP contribution in [0.4, 0.5) is 5.69 Å². The lowest BCUT2D eigenvalue weighted by Gasteiger charge is -2.10. The highest BCUT2D eigenvalue weighted by atomic mass is 32.2. The van der Waals surface area contributed by atoms with E-state index in [-0.39, 0.29) is 17.0 Å². The molecule has 8 nitrogen and oxygen atoms in total. The molecule has 0 fully saturated rings. The number of ether oxygens (including phenoxy) is 1. The van der Waals surface area contributed by atoms with Gasteiger partial charge in [-0.15, -0.1) is 0 Å². The average molecular weight is 457 g/mol. The van der Waals surface area contributed by atoms with E-state index in [0.717, 1.165) is 5.56 Å². The third-order valence-electron chi connectivity index (χ3n) is 4.59. The highest BCUT2D eigenvalue weighted by molar-refractivity contribution is 7.89. The molecule has 3 rings (SSSR count). The Morgan fingerprint density at radius 1 is 1.03 bits per heavy atom. The summed E-state index contributed by atoms with van der Waals surface area (Å²) in [5, 5.41) is 2.65. The number of carbonyl (C=O) groups is 2. The first kappa shape index (κ1) is 23.2. The van der Waals surface area contributed by atoms with Gasteiger partial charge in [0, 0.05) is 5.69 Å². The van der Waals surface area contributed by atoms with Gasteiger partial charge in [-0.3, -0.25) is 4.79 Å². The fourth-order valence-electron chi connectivity index (χ4n) is 2.82. The Bertz CT molecular complexity index is 1170. The standard InChI is InChI=1S/C23H24N2O6S/c1-16(2)17-8-10-19(11-9-17)25-22(26)15-31-23(27)18-5-3-7-21(13-18)32(28,29)24-14-20-6-4-12-30-20/h3-13,16,24H,14-15H2,1-2H3,(H,25,26). The summed E-state index contributed by atoms with van der Waals surface area (Å²) in [4.78, 5) is 24.3. The van der Waals surface area contributed by atoms with Crippen LogP contribution in [0.1, 0.15) is 41.4 Å². The molecule has 2 aromatic carbocycles. The van der Waals surface area contributed by atoms with Gasteiger partial charge in [0.2, 0.25) is 10.0 Å². The van der Waals surface area contributed by atoms with Gasteiger partial charge in [-0.1, -0.05) is 32.0 Å². The van der Waals surface area contributed by atoms with Crippen molar-refractivity contribution in [2.24, 2.45) is 0 Å². The van der Waals surface area contributed by atoms with Crippen molar-refractivity contribution in [3.8, 4) is 0 Å². The summed E-state index contributed by atoms with van der Waals surface area (Å²) in [5.41, 5.74) is 1.74. The summed E-state index contributed by atoms with van der Waals surface area (Å²) in [6.07, 6.45) is 1.44. The predicted octanol–water partition coefficient (Wildman–Crippen LogP) is 3.68. The molecule has 0 spiro atoms. The lowest BCUT2D eigenvalue weighted by molar-refractivity contribution is -0.119. The van der Waals surface area contributed by atoms with E-state index < -0.39 is 28.5 Å². The molecule has 32 heavy (non-hydrogen) atoms. The number of nitrogens with one attached hydrogen (secondary N) is 2. The van der Waals surface area contributed by atoms with E-state index in [0.29, 0.717) is 17.4 Å². The van der Waals surface area contributed by atoms with Crippen LogP contribution >= 0.6 is 0 Å². The number of sulfonamides is 1. The van der Waals surface area contributed by atoms with Crippen molar-refractivity contribution < 1.29 is 27.2 Å². The number of anilines is 1. The molecule has 0 saturated heterocycles. The molecule has 1 heterocycles. The molecular formula is C23H24N2O6S. The number of amides is 1. The van der Waals surface area contributed by atoms with Gasteiger partial charge < -0.3 is 14.5 Å². The molecule has 0 saturated carbocycles. The molecule has 1 aromatic heterocycles. The highest BCUT2D eigenvalue weighted by Gasteiger charge is 2.18. The third kappa shape index (κ3) is 6.29. The molecule has 1 amide bonds. The summed E-state index contributed by atoms with van der Waals surface area (Å²) in [5.74, 6) is -0.479. The number of benzene rings is 2. The van der Waals surface area contributed by atoms with E-state index in [4.69, 9.17) is 9.15 Å². The van der Waals surface area contributed by atoms with Crippen LogP contribution in [0.3, 0.4) is 0 Å². The maximum atomic E-state index is 12.5. The van der Waals surface area contributed by atoms with E-state index in [9.17, 15) is 18.0 Å². The van der Waals surface area contributed by atoms with Gasteiger partial charge in [0.05, 0.1) is 23.3 Å². The molecule has 0 aliphatic heterocycles. The Kier molecular flexibility index (Phi) is 7.45. The fraction of sp³-hybridized carbons (Fsp3) is 0.217. The monoisotopic (exact) mass is 456 g/mol. The normalized spacial score (nSPS) is 11.3. The van der Waals surface area contributed by atoms with E-state index in [1.807, 2.05) is 12.1 Å². The molecule has 0 aliphatic rings. The van der Waals surface area contributed by atoms with Crippen LogP contribution < -0.4 is 10.0 Å². The molecule has 0 unspecified atom stereocenters. The van der Waals surface area contributed by atoms with Gasteiger partial charge in [-0.2, -0.15) is 0 Å². The Morgan fingerprint density at radius 3 is 2.44 bits per heavy atom. The van der Waals surface area contributed by atoms with E-state index in [1.54, 1.807) is 24.3 Å². The van der Waals surface area contributed by atoms with Crippen LogP contribution in [0, 0.1) is 0 Å². The zero-order valence-corrected chi connectivity index (χ0v) is 18.5. The van der Waals surface area contributed by atoms with Crippen LogP contribution in [0.15, 0.2) is 76.2 Å². The molecule has 2 N–H and O–H groups in total. The molecular weight excluding hydrogens is 432 g/mol. The number of furan rings is 1. The highest BCUT2D eigenvalue weighted by Crippen LogP contribution is 2.17. The van der Waals surface area contributed by atoms with Crippen molar-refractivity contribution in [2.75, 3.05) is 11.9 Å². The number of hydrogen-bond donors (Lipinski definition) is 2. The van der Waals surface area contributed by atoms with Gasteiger partial charge in [0.15, 0.2) is 6.61 Å². The number of hydrogen-bond acceptors (Lipinski definition) is 6. The summed E-state index contributed by atoms with van der Waals surface area (Å²) < 4.78 is 37.5.